The second-order valence-corrected chi connectivity index (χ2v) is 7.25. The zero-order valence-electron chi connectivity index (χ0n) is 13.7. The fraction of sp³-hybridized carbons (Fsp3) is 0.471. The number of nitrogens with one attached hydrogen (secondary N) is 2. The fourth-order valence-electron chi connectivity index (χ4n) is 2.98. The molecule has 6 nitrogen and oxygen atoms in total. The van der Waals surface area contributed by atoms with Gasteiger partial charge in [-0.05, 0) is 49.4 Å². The molecule has 2 N–H and O–H groups in total. The van der Waals surface area contributed by atoms with Gasteiger partial charge in [0.1, 0.15) is 5.69 Å². The smallest absolute Gasteiger partial charge is 0.271 e. The summed E-state index contributed by atoms with van der Waals surface area (Å²) in [4.78, 5) is 27.0. The Hall–Kier alpha value is -1.99. The summed E-state index contributed by atoms with van der Waals surface area (Å²) in [6.07, 6.45) is 2.38. The first-order valence-corrected chi connectivity index (χ1v) is 9.13. The van der Waals surface area contributed by atoms with Gasteiger partial charge in [-0.25, -0.2) is 5.10 Å². The van der Waals surface area contributed by atoms with Gasteiger partial charge in [0.15, 0.2) is 0 Å². The first-order chi connectivity index (χ1) is 11.6. The maximum absolute atomic E-state index is 12.3. The molecule has 0 spiro atoms. The molecule has 0 bridgehead atoms. The molecule has 1 amide bonds. The summed E-state index contributed by atoms with van der Waals surface area (Å²) in [5, 5.41) is 11.1. The van der Waals surface area contributed by atoms with E-state index in [1.165, 1.54) is 29.9 Å². The average Bonchev–Trinajstić information content (AvgIpc) is 3.11. The third kappa shape index (κ3) is 4.10. The third-order valence-corrected chi connectivity index (χ3v) is 5.47. The van der Waals surface area contributed by atoms with Crippen LogP contribution in [0.4, 0.5) is 0 Å². The van der Waals surface area contributed by atoms with E-state index in [-0.39, 0.29) is 23.2 Å². The predicted octanol–water partition coefficient (Wildman–Crippen LogP) is 2.03. The summed E-state index contributed by atoms with van der Waals surface area (Å²) in [6, 6.07) is 7.11. The first kappa shape index (κ1) is 16.9. The van der Waals surface area contributed by atoms with Gasteiger partial charge in [0.05, 0.1) is 6.04 Å². The van der Waals surface area contributed by atoms with E-state index < -0.39 is 0 Å². The standard InChI is InChI=1S/C17H22N4O2S/c1-12-6-8-21(9-7-12)14(15-3-2-10-24-15)11-18-17(23)13-4-5-16(22)20-19-13/h2-5,10,12,14H,6-9,11H2,1H3,(H,18,23)(H,20,22)/t14-/m1/s1. The Bertz CT molecular complexity index is 700. The van der Waals surface area contributed by atoms with Crippen LogP contribution in [0.3, 0.4) is 0 Å². The van der Waals surface area contributed by atoms with Crippen molar-refractivity contribution in [1.82, 2.24) is 20.4 Å². The molecule has 0 radical (unpaired) electrons. The van der Waals surface area contributed by atoms with Crippen LogP contribution in [0.1, 0.15) is 41.2 Å². The van der Waals surface area contributed by atoms with E-state index in [9.17, 15) is 9.59 Å². The van der Waals surface area contributed by atoms with Crippen LogP contribution < -0.4 is 10.9 Å². The van der Waals surface area contributed by atoms with E-state index in [2.05, 4.69) is 38.8 Å². The largest absolute Gasteiger partial charge is 0.349 e. The first-order valence-electron chi connectivity index (χ1n) is 8.25. The molecular formula is C17H22N4O2S. The lowest BCUT2D eigenvalue weighted by Crippen LogP contribution is -2.41. The molecule has 1 aliphatic heterocycles. The zero-order valence-corrected chi connectivity index (χ0v) is 14.5. The Labute approximate surface area is 144 Å². The van der Waals surface area contributed by atoms with Crippen molar-refractivity contribution >= 4 is 17.2 Å². The van der Waals surface area contributed by atoms with Crippen LogP contribution in [0.15, 0.2) is 34.4 Å². The summed E-state index contributed by atoms with van der Waals surface area (Å²) >= 11 is 1.72. The minimum atomic E-state index is -0.314. The van der Waals surface area contributed by atoms with Crippen LogP contribution in [0, 0.1) is 5.92 Å². The highest BCUT2D eigenvalue weighted by Gasteiger charge is 2.26. The summed E-state index contributed by atoms with van der Waals surface area (Å²) in [7, 11) is 0. The number of aromatic nitrogens is 2. The second kappa shape index (κ2) is 7.72. The second-order valence-electron chi connectivity index (χ2n) is 6.27. The quantitative estimate of drug-likeness (QED) is 0.868. The number of carbonyl (C=O) groups excluding carboxylic acids is 1. The molecule has 3 rings (SSSR count). The Kier molecular flexibility index (Phi) is 5.42. The number of nitrogens with zero attached hydrogens (tertiary/aromatic N) is 2. The lowest BCUT2D eigenvalue weighted by molar-refractivity contribution is 0.0909. The van der Waals surface area contributed by atoms with Crippen LogP contribution >= 0.6 is 11.3 Å². The number of carbonyl (C=O) groups is 1. The van der Waals surface area contributed by atoms with E-state index in [1.807, 2.05) is 6.07 Å². The van der Waals surface area contributed by atoms with E-state index >= 15 is 0 Å². The number of piperidine rings is 1. The summed E-state index contributed by atoms with van der Waals surface area (Å²) in [5.74, 6) is 0.503. The van der Waals surface area contributed by atoms with Gasteiger partial charge in [-0.3, -0.25) is 14.5 Å². The normalized spacial score (nSPS) is 17.5. The number of rotatable bonds is 5. The number of amides is 1. The highest BCUT2D eigenvalue weighted by Crippen LogP contribution is 2.29. The van der Waals surface area contributed by atoms with Crippen LogP contribution in [0.5, 0.6) is 0 Å². The van der Waals surface area contributed by atoms with Crippen molar-refractivity contribution in [1.29, 1.82) is 0 Å². The Morgan fingerprint density at radius 2 is 2.21 bits per heavy atom. The van der Waals surface area contributed by atoms with Gasteiger partial charge in [-0.1, -0.05) is 13.0 Å². The molecule has 1 fully saturated rings. The molecule has 0 saturated carbocycles. The highest BCUT2D eigenvalue weighted by molar-refractivity contribution is 7.10. The molecule has 1 atom stereocenters. The molecule has 0 aliphatic carbocycles. The number of aromatic amines is 1. The highest BCUT2D eigenvalue weighted by atomic mass is 32.1. The predicted molar refractivity (Wildman–Crippen MR) is 94.2 cm³/mol. The maximum Gasteiger partial charge on any atom is 0.271 e. The van der Waals surface area contributed by atoms with Crippen LogP contribution in [-0.4, -0.2) is 40.6 Å². The Morgan fingerprint density at radius 1 is 1.42 bits per heavy atom. The number of thiophene rings is 1. The summed E-state index contributed by atoms with van der Waals surface area (Å²) in [5.41, 5.74) is -0.0859. The SMILES string of the molecule is CC1CCN([C@H](CNC(=O)c2ccc(=O)[nH]n2)c2cccs2)CC1. The van der Waals surface area contributed by atoms with Crippen molar-refractivity contribution in [3.8, 4) is 0 Å². The number of hydrogen-bond donors (Lipinski definition) is 2. The van der Waals surface area contributed by atoms with E-state index in [4.69, 9.17) is 0 Å². The van der Waals surface area contributed by atoms with Crippen LogP contribution in [0.25, 0.3) is 0 Å². The van der Waals surface area contributed by atoms with Crippen molar-refractivity contribution < 1.29 is 4.79 Å². The van der Waals surface area contributed by atoms with Crippen LogP contribution in [-0.2, 0) is 0 Å². The van der Waals surface area contributed by atoms with Crippen molar-refractivity contribution in [3.63, 3.8) is 0 Å². The minimum Gasteiger partial charge on any atom is -0.349 e. The van der Waals surface area contributed by atoms with E-state index in [0.717, 1.165) is 19.0 Å². The van der Waals surface area contributed by atoms with Crippen molar-refractivity contribution in [3.05, 3.63) is 50.6 Å². The van der Waals surface area contributed by atoms with Gasteiger partial charge in [0.25, 0.3) is 11.5 Å². The van der Waals surface area contributed by atoms with E-state index in [1.54, 1.807) is 11.3 Å². The third-order valence-electron chi connectivity index (χ3n) is 4.50. The molecule has 0 aromatic carbocycles. The topological polar surface area (TPSA) is 78.1 Å². The lowest BCUT2D eigenvalue weighted by Gasteiger charge is -2.36. The fourth-order valence-corrected chi connectivity index (χ4v) is 3.84. The monoisotopic (exact) mass is 346 g/mol. The molecule has 1 aliphatic rings. The molecule has 3 heterocycles. The zero-order chi connectivity index (χ0) is 16.9. The molecule has 2 aromatic rings. The van der Waals surface area contributed by atoms with Crippen molar-refractivity contribution in [2.75, 3.05) is 19.6 Å². The number of H-pyrrole nitrogens is 1. The molecule has 0 unspecified atom stereocenters. The van der Waals surface area contributed by atoms with E-state index in [0.29, 0.717) is 6.54 Å². The lowest BCUT2D eigenvalue weighted by atomic mass is 9.97. The van der Waals surface area contributed by atoms with Gasteiger partial charge < -0.3 is 5.32 Å². The molecule has 24 heavy (non-hydrogen) atoms. The molecule has 2 aromatic heterocycles. The van der Waals surface area contributed by atoms with Gasteiger partial charge >= 0.3 is 0 Å². The summed E-state index contributed by atoms with van der Waals surface area (Å²) < 4.78 is 0. The number of hydrogen-bond acceptors (Lipinski definition) is 5. The van der Waals surface area contributed by atoms with Gasteiger partial charge in [0, 0.05) is 17.5 Å². The number of likely N-dealkylation sites (tertiary alicyclic amines) is 1. The van der Waals surface area contributed by atoms with Gasteiger partial charge in [-0.15, -0.1) is 11.3 Å². The summed E-state index contributed by atoms with van der Waals surface area (Å²) in [6.45, 7) is 4.93. The molecular weight excluding hydrogens is 324 g/mol. The molecule has 128 valence electrons. The van der Waals surface area contributed by atoms with Crippen LogP contribution in [0.2, 0.25) is 0 Å². The maximum atomic E-state index is 12.3. The van der Waals surface area contributed by atoms with Crippen molar-refractivity contribution in [2.24, 2.45) is 5.92 Å². The van der Waals surface area contributed by atoms with Gasteiger partial charge in [-0.2, -0.15) is 5.10 Å². The average molecular weight is 346 g/mol. The molecule has 7 heteroatoms. The van der Waals surface area contributed by atoms with Crippen molar-refractivity contribution in [2.45, 2.75) is 25.8 Å². The Balaban J connectivity index is 1.67. The Morgan fingerprint density at radius 3 is 2.83 bits per heavy atom. The minimum absolute atomic E-state index is 0.184. The van der Waals surface area contributed by atoms with Gasteiger partial charge in [0.2, 0.25) is 0 Å². The molecule has 1 saturated heterocycles.